The number of aromatic nitrogens is 2. The summed E-state index contributed by atoms with van der Waals surface area (Å²) in [7, 11) is -4.62. The van der Waals surface area contributed by atoms with Gasteiger partial charge in [0.25, 0.3) is 0 Å². The van der Waals surface area contributed by atoms with E-state index in [0.717, 1.165) is 5.56 Å². The molecule has 1 atom stereocenters. The average molecular weight is 473 g/mol. The molecule has 1 aliphatic heterocycles. The zero-order valence-electron chi connectivity index (χ0n) is 17.2. The Labute approximate surface area is 188 Å². The first-order valence-corrected chi connectivity index (χ1v) is 11.3. The van der Waals surface area contributed by atoms with Gasteiger partial charge in [-0.15, -0.1) is 0 Å². The molecule has 5 N–H and O–H groups in total. The number of phosphoric ester groups is 1. The van der Waals surface area contributed by atoms with Gasteiger partial charge >= 0.3 is 7.82 Å². The fourth-order valence-electron chi connectivity index (χ4n) is 3.18. The Bertz CT molecular complexity index is 1220. The van der Waals surface area contributed by atoms with Gasteiger partial charge in [0.2, 0.25) is 0 Å². The van der Waals surface area contributed by atoms with E-state index in [1.165, 1.54) is 17.0 Å². The summed E-state index contributed by atoms with van der Waals surface area (Å²) in [4.78, 5) is 23.5. The lowest BCUT2D eigenvalue weighted by molar-refractivity contribution is 0.110. The smallest absolute Gasteiger partial charge is 0.356 e. The van der Waals surface area contributed by atoms with E-state index >= 15 is 0 Å². The van der Waals surface area contributed by atoms with Gasteiger partial charge < -0.3 is 30.3 Å². The highest BCUT2D eigenvalue weighted by Crippen LogP contribution is 2.36. The molecule has 0 radical (unpaired) electrons. The van der Waals surface area contributed by atoms with Gasteiger partial charge in [-0.25, -0.2) is 13.9 Å². The summed E-state index contributed by atoms with van der Waals surface area (Å²) >= 11 is 0. The van der Waals surface area contributed by atoms with E-state index in [4.69, 9.17) is 20.0 Å². The van der Waals surface area contributed by atoms with Crippen molar-refractivity contribution < 1.29 is 27.8 Å². The molecule has 3 aromatic rings. The summed E-state index contributed by atoms with van der Waals surface area (Å²) in [6, 6.07) is 11.5. The second-order valence-electron chi connectivity index (χ2n) is 7.22. The Morgan fingerprint density at radius 1 is 1.27 bits per heavy atom. The van der Waals surface area contributed by atoms with Crippen molar-refractivity contribution in [1.82, 2.24) is 15.0 Å². The number of phosphoric acid groups is 1. The Morgan fingerprint density at radius 3 is 2.85 bits per heavy atom. The first-order chi connectivity index (χ1) is 15.8. The SMILES string of the molecule is NC1C(c2cc(Cc3ccc(Nc4cccc(F)c4)nc3)no2)=CC=CN1COP(=O)(O)O. The number of benzene rings is 1. The van der Waals surface area contributed by atoms with Gasteiger partial charge in [0, 0.05) is 36.1 Å². The molecule has 0 aliphatic carbocycles. The van der Waals surface area contributed by atoms with Crippen LogP contribution >= 0.6 is 7.82 Å². The minimum absolute atomic E-state index is 0.334. The van der Waals surface area contributed by atoms with Crippen LogP contribution in [0.25, 0.3) is 5.57 Å². The molecule has 1 aliphatic rings. The minimum atomic E-state index is -4.62. The van der Waals surface area contributed by atoms with Gasteiger partial charge in [0.05, 0.1) is 5.69 Å². The van der Waals surface area contributed by atoms with Gasteiger partial charge in [0.15, 0.2) is 5.76 Å². The summed E-state index contributed by atoms with van der Waals surface area (Å²) < 4.78 is 34.2. The topological polar surface area (TPSA) is 147 Å². The van der Waals surface area contributed by atoms with E-state index in [2.05, 4.69) is 20.0 Å². The Morgan fingerprint density at radius 2 is 2.12 bits per heavy atom. The predicted octanol–water partition coefficient (Wildman–Crippen LogP) is 3.11. The molecule has 10 nitrogen and oxygen atoms in total. The van der Waals surface area contributed by atoms with Crippen LogP contribution in [-0.4, -0.2) is 37.7 Å². The van der Waals surface area contributed by atoms with Crippen molar-refractivity contribution in [2.75, 3.05) is 12.0 Å². The van der Waals surface area contributed by atoms with Gasteiger partial charge in [-0.3, -0.25) is 4.52 Å². The van der Waals surface area contributed by atoms with Crippen LogP contribution in [0.3, 0.4) is 0 Å². The van der Waals surface area contributed by atoms with Crippen LogP contribution in [0.1, 0.15) is 17.0 Å². The Hall–Kier alpha value is -3.34. The van der Waals surface area contributed by atoms with Crippen LogP contribution in [0.15, 0.2) is 71.5 Å². The third-order valence-electron chi connectivity index (χ3n) is 4.75. The number of pyridine rings is 1. The van der Waals surface area contributed by atoms with Crippen molar-refractivity contribution in [1.29, 1.82) is 0 Å². The van der Waals surface area contributed by atoms with Crippen LogP contribution in [0.2, 0.25) is 0 Å². The summed E-state index contributed by atoms with van der Waals surface area (Å²) in [6.07, 6.45) is 6.37. The van der Waals surface area contributed by atoms with Crippen LogP contribution < -0.4 is 11.1 Å². The lowest BCUT2D eigenvalue weighted by atomic mass is 10.1. The molecule has 12 heteroatoms. The molecule has 0 bridgehead atoms. The maximum atomic E-state index is 13.3. The van der Waals surface area contributed by atoms with Crippen molar-refractivity contribution in [2.45, 2.75) is 12.6 Å². The van der Waals surface area contributed by atoms with Crippen LogP contribution in [0.4, 0.5) is 15.9 Å². The van der Waals surface area contributed by atoms with E-state index in [-0.39, 0.29) is 12.5 Å². The number of anilines is 2. The molecule has 1 aromatic carbocycles. The van der Waals surface area contributed by atoms with Crippen LogP contribution in [0.5, 0.6) is 0 Å². The number of halogens is 1. The van der Waals surface area contributed by atoms with E-state index < -0.39 is 14.0 Å². The summed E-state index contributed by atoms with van der Waals surface area (Å²) in [6.45, 7) is -0.387. The van der Waals surface area contributed by atoms with Gasteiger partial charge in [-0.1, -0.05) is 23.4 Å². The van der Waals surface area contributed by atoms with E-state index in [1.54, 1.807) is 48.8 Å². The van der Waals surface area contributed by atoms with Crippen molar-refractivity contribution in [3.05, 3.63) is 89.8 Å². The molecule has 0 spiro atoms. The van der Waals surface area contributed by atoms with Crippen molar-refractivity contribution in [2.24, 2.45) is 5.73 Å². The maximum absolute atomic E-state index is 13.3. The molecule has 0 saturated heterocycles. The van der Waals surface area contributed by atoms with Gasteiger partial charge in [-0.05, 0) is 35.9 Å². The molecule has 172 valence electrons. The molecular weight excluding hydrogens is 452 g/mol. The summed E-state index contributed by atoms with van der Waals surface area (Å²) in [5.74, 6) is 0.674. The van der Waals surface area contributed by atoms with E-state index in [9.17, 15) is 8.96 Å². The summed E-state index contributed by atoms with van der Waals surface area (Å²) in [5.41, 5.74) is 8.90. The first kappa shape index (κ1) is 22.8. The number of nitrogens with zero attached hydrogens (tertiary/aromatic N) is 3. The van der Waals surface area contributed by atoms with Gasteiger partial charge in [-0.2, -0.15) is 0 Å². The third-order valence-corrected chi connectivity index (χ3v) is 5.21. The quantitative estimate of drug-likeness (QED) is 0.360. The van der Waals surface area contributed by atoms with Crippen molar-refractivity contribution in [3.8, 4) is 0 Å². The molecule has 2 aromatic heterocycles. The molecule has 33 heavy (non-hydrogen) atoms. The number of hydrogen-bond donors (Lipinski definition) is 4. The Kier molecular flexibility index (Phi) is 6.68. The largest absolute Gasteiger partial charge is 0.471 e. The molecule has 3 heterocycles. The Balaban J connectivity index is 1.39. The van der Waals surface area contributed by atoms with E-state index in [1.807, 2.05) is 6.07 Å². The van der Waals surface area contributed by atoms with Crippen LogP contribution in [0, 0.1) is 5.82 Å². The van der Waals surface area contributed by atoms with Crippen LogP contribution in [-0.2, 0) is 15.5 Å². The number of hydrogen-bond acceptors (Lipinski definition) is 8. The van der Waals surface area contributed by atoms with Crippen molar-refractivity contribution in [3.63, 3.8) is 0 Å². The highest BCUT2D eigenvalue weighted by atomic mass is 31.2. The fraction of sp³-hybridized carbons (Fsp3) is 0.143. The maximum Gasteiger partial charge on any atom is 0.471 e. The normalized spacial score (nSPS) is 16.1. The zero-order valence-corrected chi connectivity index (χ0v) is 18.1. The third kappa shape index (κ3) is 6.13. The molecule has 0 amide bonds. The highest BCUT2D eigenvalue weighted by Gasteiger charge is 2.25. The monoisotopic (exact) mass is 473 g/mol. The predicted molar refractivity (Wildman–Crippen MR) is 118 cm³/mol. The highest BCUT2D eigenvalue weighted by molar-refractivity contribution is 7.46. The number of allylic oxidation sites excluding steroid dienone is 2. The summed E-state index contributed by atoms with van der Waals surface area (Å²) in [5, 5.41) is 7.11. The lowest BCUT2D eigenvalue weighted by Gasteiger charge is -2.30. The van der Waals surface area contributed by atoms with Gasteiger partial charge in [0.1, 0.15) is 24.5 Å². The number of nitrogens with two attached hydrogens (primary N) is 1. The standard InChI is InChI=1S/C21H21FN5O5P/c22-15-3-1-4-16(10-15)25-20-7-6-14(12-24-20)9-17-11-19(32-26-17)18-5-2-8-27(21(18)23)13-31-33(28,29)30/h1-8,10-12,21H,9,13,23H2,(H,24,25)(H2,28,29,30). The number of rotatable bonds is 8. The molecule has 1 unspecified atom stereocenters. The second-order valence-corrected chi connectivity index (χ2v) is 8.46. The fourth-order valence-corrected chi connectivity index (χ4v) is 3.46. The van der Waals surface area contributed by atoms with E-state index in [0.29, 0.717) is 35.0 Å². The molecular formula is C21H21FN5O5P. The molecule has 0 saturated carbocycles. The molecule has 0 fully saturated rings. The first-order valence-electron chi connectivity index (χ1n) is 9.80. The average Bonchev–Trinajstić information content (AvgIpc) is 3.22. The van der Waals surface area contributed by atoms with Crippen molar-refractivity contribution >= 4 is 24.9 Å². The lowest BCUT2D eigenvalue weighted by Crippen LogP contribution is -2.41. The zero-order chi connectivity index (χ0) is 23.4. The second kappa shape index (κ2) is 9.65. The minimum Gasteiger partial charge on any atom is -0.356 e. The number of nitrogens with one attached hydrogen (secondary N) is 1. The molecule has 4 rings (SSSR count).